The molecule has 1 aliphatic heterocycles. The van der Waals surface area contributed by atoms with E-state index in [2.05, 4.69) is 20.3 Å². The normalized spacial score (nSPS) is 17.8. The van der Waals surface area contributed by atoms with Crippen molar-refractivity contribution in [3.05, 3.63) is 71.8 Å². The van der Waals surface area contributed by atoms with Gasteiger partial charge < -0.3 is 20.1 Å². The average molecular weight is 542 g/mol. The van der Waals surface area contributed by atoms with Gasteiger partial charge in [-0.2, -0.15) is 26.3 Å². The van der Waals surface area contributed by atoms with Crippen molar-refractivity contribution in [2.45, 2.75) is 38.3 Å². The first-order valence-electron chi connectivity index (χ1n) is 11.5. The van der Waals surface area contributed by atoms with Crippen LogP contribution in [0.5, 0.6) is 5.88 Å². The monoisotopic (exact) mass is 542 g/mol. The van der Waals surface area contributed by atoms with Crippen molar-refractivity contribution < 1.29 is 36.2 Å². The van der Waals surface area contributed by atoms with E-state index in [4.69, 9.17) is 4.74 Å². The third kappa shape index (κ3) is 6.61. The molecule has 2 N–H and O–H groups in total. The highest BCUT2D eigenvalue weighted by atomic mass is 19.4. The summed E-state index contributed by atoms with van der Waals surface area (Å²) >= 11 is 0. The molecule has 204 valence electrons. The first-order chi connectivity index (χ1) is 17.9. The van der Waals surface area contributed by atoms with Gasteiger partial charge in [0.2, 0.25) is 0 Å². The molecule has 38 heavy (non-hydrogen) atoms. The second-order valence-electron chi connectivity index (χ2n) is 8.68. The van der Waals surface area contributed by atoms with Crippen LogP contribution in [0.4, 0.5) is 37.8 Å². The second-order valence-corrected chi connectivity index (χ2v) is 8.68. The topological polar surface area (TPSA) is 86.6 Å². The van der Waals surface area contributed by atoms with Gasteiger partial charge in [-0.3, -0.25) is 9.88 Å². The van der Waals surface area contributed by atoms with Crippen LogP contribution in [0.25, 0.3) is 0 Å². The Morgan fingerprint density at radius 3 is 2.21 bits per heavy atom. The SMILES string of the molecule is CC1CN(C(O)Nc2cc(C(F)(F)F)cc(C(F)(F)F)c2)CCN1c1nccnc1OCc1ccncc1. The highest BCUT2D eigenvalue weighted by molar-refractivity contribution is 5.51. The van der Waals surface area contributed by atoms with E-state index < -0.39 is 35.5 Å². The molecule has 1 fully saturated rings. The molecular formula is C24H24F6N6O2. The van der Waals surface area contributed by atoms with Gasteiger partial charge in [0.05, 0.1) is 11.1 Å². The van der Waals surface area contributed by atoms with E-state index in [1.165, 1.54) is 17.3 Å². The molecule has 0 amide bonds. The number of benzene rings is 1. The Kier molecular flexibility index (Phi) is 7.92. The van der Waals surface area contributed by atoms with Crippen LogP contribution in [0.1, 0.15) is 23.6 Å². The minimum atomic E-state index is -4.99. The first-order valence-corrected chi connectivity index (χ1v) is 11.5. The standard InChI is InChI=1S/C24H24F6N6O2/c1-15-13-35(22(37)34-19-11-17(23(25,26)27)10-18(12-19)24(28,29)30)8-9-36(15)20-21(33-7-6-32-20)38-14-16-2-4-31-5-3-16/h2-7,10-12,15,22,34,37H,8-9,13-14H2,1H3. The minimum Gasteiger partial charge on any atom is -0.470 e. The predicted octanol–water partition coefficient (Wildman–Crippen LogP) is 4.39. The Hall–Kier alpha value is -3.65. The summed E-state index contributed by atoms with van der Waals surface area (Å²) in [5.41, 5.74) is -2.56. The molecular weight excluding hydrogens is 518 g/mol. The zero-order valence-corrected chi connectivity index (χ0v) is 20.0. The molecule has 0 bridgehead atoms. The zero-order valence-electron chi connectivity index (χ0n) is 20.0. The van der Waals surface area contributed by atoms with Crippen LogP contribution in [0, 0.1) is 0 Å². The largest absolute Gasteiger partial charge is 0.470 e. The van der Waals surface area contributed by atoms with E-state index in [9.17, 15) is 31.4 Å². The van der Waals surface area contributed by atoms with Crippen LogP contribution in [-0.2, 0) is 19.0 Å². The molecule has 14 heteroatoms. The fourth-order valence-corrected chi connectivity index (χ4v) is 4.05. The van der Waals surface area contributed by atoms with Crippen LogP contribution in [0.15, 0.2) is 55.1 Å². The summed E-state index contributed by atoms with van der Waals surface area (Å²) in [5.74, 6) is 0.774. The molecule has 2 unspecified atom stereocenters. The maximum Gasteiger partial charge on any atom is 0.416 e. The average Bonchev–Trinajstić information content (AvgIpc) is 2.87. The summed E-state index contributed by atoms with van der Waals surface area (Å²) in [7, 11) is 0. The highest BCUT2D eigenvalue weighted by Gasteiger charge is 2.37. The van der Waals surface area contributed by atoms with Gasteiger partial charge in [0.25, 0.3) is 5.88 Å². The Bertz CT molecular complexity index is 1190. The summed E-state index contributed by atoms with van der Waals surface area (Å²) in [5, 5.41) is 13.0. The number of piperazine rings is 1. The summed E-state index contributed by atoms with van der Waals surface area (Å²) in [6, 6.07) is 4.44. The molecule has 1 saturated heterocycles. The van der Waals surface area contributed by atoms with E-state index in [0.29, 0.717) is 30.4 Å². The van der Waals surface area contributed by atoms with Crippen LogP contribution in [-0.4, -0.2) is 57.0 Å². The molecule has 4 rings (SSSR count). The Labute approximate surface area is 213 Å². The zero-order chi connectivity index (χ0) is 27.5. The predicted molar refractivity (Wildman–Crippen MR) is 125 cm³/mol. The van der Waals surface area contributed by atoms with Crippen LogP contribution < -0.4 is 15.0 Å². The molecule has 8 nitrogen and oxygen atoms in total. The summed E-state index contributed by atoms with van der Waals surface area (Å²) in [6.07, 6.45) is -5.23. The molecule has 2 aromatic heterocycles. The number of nitrogens with one attached hydrogen (secondary N) is 1. The van der Waals surface area contributed by atoms with Gasteiger partial charge in [-0.25, -0.2) is 9.97 Å². The third-order valence-electron chi connectivity index (χ3n) is 5.93. The van der Waals surface area contributed by atoms with Gasteiger partial charge in [-0.1, -0.05) is 0 Å². The lowest BCUT2D eigenvalue weighted by Crippen LogP contribution is -2.57. The van der Waals surface area contributed by atoms with Gasteiger partial charge in [-0.15, -0.1) is 0 Å². The molecule has 0 saturated carbocycles. The van der Waals surface area contributed by atoms with Crippen LogP contribution in [0.3, 0.4) is 0 Å². The van der Waals surface area contributed by atoms with E-state index in [-0.39, 0.29) is 31.8 Å². The molecule has 0 radical (unpaired) electrons. The lowest BCUT2D eigenvalue weighted by molar-refractivity contribution is -0.143. The number of rotatable bonds is 7. The van der Waals surface area contributed by atoms with Gasteiger partial charge >= 0.3 is 12.4 Å². The van der Waals surface area contributed by atoms with Gasteiger partial charge in [0.15, 0.2) is 12.2 Å². The fourth-order valence-electron chi connectivity index (χ4n) is 4.05. The number of alkyl halides is 6. The lowest BCUT2D eigenvalue weighted by Gasteiger charge is -2.42. The van der Waals surface area contributed by atoms with E-state index in [1.807, 2.05) is 11.8 Å². The fraction of sp³-hybridized carbons (Fsp3) is 0.375. The highest BCUT2D eigenvalue weighted by Crippen LogP contribution is 2.38. The number of ether oxygens (including phenoxy) is 1. The molecule has 3 heterocycles. The first kappa shape index (κ1) is 27.4. The minimum absolute atomic E-state index is 0.0354. The Balaban J connectivity index is 1.44. The Morgan fingerprint density at radius 1 is 0.974 bits per heavy atom. The van der Waals surface area contributed by atoms with Crippen molar-refractivity contribution in [1.82, 2.24) is 19.9 Å². The van der Waals surface area contributed by atoms with E-state index in [1.54, 1.807) is 24.5 Å². The summed E-state index contributed by atoms with van der Waals surface area (Å²) < 4.78 is 84.9. The number of anilines is 2. The number of aliphatic hydroxyl groups is 1. The van der Waals surface area contributed by atoms with Crippen molar-refractivity contribution in [2.75, 3.05) is 29.9 Å². The molecule has 0 aliphatic carbocycles. The molecule has 2 atom stereocenters. The van der Waals surface area contributed by atoms with Crippen LogP contribution in [0.2, 0.25) is 0 Å². The summed E-state index contributed by atoms with van der Waals surface area (Å²) in [6.45, 7) is 2.86. The van der Waals surface area contributed by atoms with Gasteiger partial charge in [0, 0.05) is 56.2 Å². The Morgan fingerprint density at radius 2 is 1.61 bits per heavy atom. The van der Waals surface area contributed by atoms with Gasteiger partial charge in [-0.05, 0) is 42.8 Å². The van der Waals surface area contributed by atoms with Crippen molar-refractivity contribution in [1.29, 1.82) is 0 Å². The van der Waals surface area contributed by atoms with Crippen molar-refractivity contribution in [3.63, 3.8) is 0 Å². The maximum absolute atomic E-state index is 13.2. The van der Waals surface area contributed by atoms with Crippen molar-refractivity contribution in [3.8, 4) is 5.88 Å². The van der Waals surface area contributed by atoms with E-state index in [0.717, 1.165) is 5.56 Å². The number of aromatic nitrogens is 3. The number of pyridine rings is 1. The van der Waals surface area contributed by atoms with Crippen LogP contribution >= 0.6 is 0 Å². The molecule has 0 spiro atoms. The molecule has 3 aromatic rings. The maximum atomic E-state index is 13.2. The second kappa shape index (κ2) is 11.0. The third-order valence-corrected chi connectivity index (χ3v) is 5.93. The van der Waals surface area contributed by atoms with Crippen molar-refractivity contribution >= 4 is 11.5 Å². The van der Waals surface area contributed by atoms with Crippen molar-refractivity contribution in [2.24, 2.45) is 0 Å². The number of hydrogen-bond donors (Lipinski definition) is 2. The lowest BCUT2D eigenvalue weighted by atomic mass is 10.1. The quantitative estimate of drug-likeness (QED) is 0.336. The molecule has 1 aromatic carbocycles. The number of hydrogen-bond acceptors (Lipinski definition) is 8. The number of nitrogens with zero attached hydrogens (tertiary/aromatic N) is 5. The van der Waals surface area contributed by atoms with E-state index >= 15 is 0 Å². The van der Waals surface area contributed by atoms with Gasteiger partial charge in [0.1, 0.15) is 6.61 Å². The number of halogens is 6. The smallest absolute Gasteiger partial charge is 0.416 e. The number of aliphatic hydroxyl groups excluding tert-OH is 1. The molecule has 1 aliphatic rings. The summed E-state index contributed by atoms with van der Waals surface area (Å²) in [4.78, 5) is 16.0.